The standard InChI is InChI=1S/C17H23N5O3S/c1-12-4-3-7-22(10-12)26(24,25)14-8-15(21(2)11-14)17(23)20-13-5-6-16(18)19-9-13/h5-6,8-9,11-12H,3-4,7,10H2,1-2H3,(H2,18,19)(H,20,23). The Morgan fingerprint density at radius 1 is 1.38 bits per heavy atom. The van der Waals surface area contributed by atoms with Crippen LogP contribution in [0, 0.1) is 5.92 Å². The van der Waals surface area contributed by atoms with E-state index in [9.17, 15) is 13.2 Å². The molecule has 1 atom stereocenters. The van der Waals surface area contributed by atoms with Gasteiger partial charge >= 0.3 is 0 Å². The molecule has 1 aliphatic heterocycles. The zero-order valence-corrected chi connectivity index (χ0v) is 15.7. The van der Waals surface area contributed by atoms with Crippen LogP contribution in [0.3, 0.4) is 0 Å². The van der Waals surface area contributed by atoms with Crippen LogP contribution in [0.1, 0.15) is 30.3 Å². The van der Waals surface area contributed by atoms with Crippen molar-refractivity contribution in [3.05, 3.63) is 36.3 Å². The number of hydrogen-bond acceptors (Lipinski definition) is 5. The summed E-state index contributed by atoms with van der Waals surface area (Å²) < 4.78 is 28.8. The number of nitrogens with two attached hydrogens (primary N) is 1. The number of hydrogen-bond donors (Lipinski definition) is 2. The van der Waals surface area contributed by atoms with E-state index < -0.39 is 15.9 Å². The Balaban J connectivity index is 1.81. The Bertz CT molecular complexity index is 905. The fourth-order valence-corrected chi connectivity index (χ4v) is 4.76. The number of rotatable bonds is 4. The van der Waals surface area contributed by atoms with Crippen LogP contribution in [-0.4, -0.2) is 41.3 Å². The monoisotopic (exact) mass is 377 g/mol. The fourth-order valence-electron chi connectivity index (χ4n) is 3.09. The van der Waals surface area contributed by atoms with Crippen molar-refractivity contribution in [2.75, 3.05) is 24.1 Å². The molecule has 2 aromatic heterocycles. The molecule has 1 amide bonds. The number of carbonyl (C=O) groups excluding carboxylic acids is 1. The van der Waals surface area contributed by atoms with E-state index in [1.165, 1.54) is 27.3 Å². The molecule has 0 bridgehead atoms. The Hall–Kier alpha value is -2.39. The van der Waals surface area contributed by atoms with E-state index in [4.69, 9.17) is 5.73 Å². The number of nitrogens with zero attached hydrogens (tertiary/aromatic N) is 3. The summed E-state index contributed by atoms with van der Waals surface area (Å²) in [6.07, 6.45) is 4.81. The summed E-state index contributed by atoms with van der Waals surface area (Å²) in [7, 11) is -1.96. The Labute approximate surface area is 153 Å². The molecule has 1 saturated heterocycles. The summed E-state index contributed by atoms with van der Waals surface area (Å²) in [6, 6.07) is 4.62. The predicted octanol–water partition coefficient (Wildman–Crippen LogP) is 1.68. The normalized spacial score (nSPS) is 18.6. The smallest absolute Gasteiger partial charge is 0.272 e. The molecule has 9 heteroatoms. The lowest BCUT2D eigenvalue weighted by molar-refractivity contribution is 0.101. The maximum absolute atomic E-state index is 12.9. The van der Waals surface area contributed by atoms with Gasteiger partial charge in [0.25, 0.3) is 5.91 Å². The van der Waals surface area contributed by atoms with Gasteiger partial charge in [0.15, 0.2) is 0 Å². The molecular formula is C17H23N5O3S. The van der Waals surface area contributed by atoms with Gasteiger partial charge in [-0.2, -0.15) is 4.31 Å². The SMILES string of the molecule is CC1CCCN(S(=O)(=O)c2cc(C(=O)Nc3ccc(N)nc3)n(C)c2)C1. The second-order valence-corrected chi connectivity index (χ2v) is 8.65. The van der Waals surface area contributed by atoms with Crippen LogP contribution < -0.4 is 11.1 Å². The van der Waals surface area contributed by atoms with Gasteiger partial charge in [0, 0.05) is 26.3 Å². The van der Waals surface area contributed by atoms with Crippen LogP contribution in [0.25, 0.3) is 0 Å². The van der Waals surface area contributed by atoms with E-state index in [0.717, 1.165) is 12.8 Å². The van der Waals surface area contributed by atoms with Gasteiger partial charge in [0.1, 0.15) is 16.4 Å². The van der Waals surface area contributed by atoms with E-state index in [1.807, 2.05) is 6.92 Å². The highest BCUT2D eigenvalue weighted by atomic mass is 32.2. The highest BCUT2D eigenvalue weighted by Crippen LogP contribution is 2.25. The summed E-state index contributed by atoms with van der Waals surface area (Å²) in [4.78, 5) is 16.5. The molecule has 1 aliphatic rings. The minimum atomic E-state index is -3.60. The molecule has 3 rings (SSSR count). The van der Waals surface area contributed by atoms with Gasteiger partial charge in [0.2, 0.25) is 10.0 Å². The molecule has 1 fully saturated rings. The molecule has 1 unspecified atom stereocenters. The molecule has 0 aromatic carbocycles. The number of nitrogen functional groups attached to an aromatic ring is 1. The maximum atomic E-state index is 12.9. The highest BCUT2D eigenvalue weighted by molar-refractivity contribution is 7.89. The van der Waals surface area contributed by atoms with Crippen molar-refractivity contribution in [2.24, 2.45) is 13.0 Å². The average Bonchev–Trinajstić information content (AvgIpc) is 3.00. The quantitative estimate of drug-likeness (QED) is 0.842. The number of piperidine rings is 1. The van der Waals surface area contributed by atoms with Crippen molar-refractivity contribution < 1.29 is 13.2 Å². The van der Waals surface area contributed by atoms with Gasteiger partial charge < -0.3 is 15.6 Å². The zero-order valence-electron chi connectivity index (χ0n) is 14.8. The highest BCUT2D eigenvalue weighted by Gasteiger charge is 2.30. The maximum Gasteiger partial charge on any atom is 0.272 e. The van der Waals surface area contributed by atoms with Crippen molar-refractivity contribution >= 4 is 27.4 Å². The molecule has 140 valence electrons. The van der Waals surface area contributed by atoms with E-state index in [1.54, 1.807) is 19.2 Å². The summed E-state index contributed by atoms with van der Waals surface area (Å²) in [6.45, 7) is 3.07. The summed E-state index contributed by atoms with van der Waals surface area (Å²) >= 11 is 0. The number of anilines is 2. The van der Waals surface area contributed by atoms with Crippen molar-refractivity contribution in [2.45, 2.75) is 24.7 Å². The number of amides is 1. The van der Waals surface area contributed by atoms with Gasteiger partial charge in [-0.1, -0.05) is 6.92 Å². The molecule has 0 saturated carbocycles. The van der Waals surface area contributed by atoms with Crippen molar-refractivity contribution in [1.82, 2.24) is 13.9 Å². The van der Waals surface area contributed by atoms with Gasteiger partial charge in [0.05, 0.1) is 11.9 Å². The van der Waals surface area contributed by atoms with E-state index in [-0.39, 0.29) is 10.6 Å². The zero-order chi connectivity index (χ0) is 18.9. The van der Waals surface area contributed by atoms with Crippen LogP contribution in [-0.2, 0) is 17.1 Å². The Morgan fingerprint density at radius 3 is 2.81 bits per heavy atom. The van der Waals surface area contributed by atoms with Crippen molar-refractivity contribution in [1.29, 1.82) is 0 Å². The molecule has 8 nitrogen and oxygen atoms in total. The van der Waals surface area contributed by atoms with E-state index >= 15 is 0 Å². The molecule has 26 heavy (non-hydrogen) atoms. The molecule has 0 aliphatic carbocycles. The predicted molar refractivity (Wildman–Crippen MR) is 99.2 cm³/mol. The molecule has 2 aromatic rings. The second kappa shape index (κ2) is 7.08. The van der Waals surface area contributed by atoms with E-state index in [2.05, 4.69) is 10.3 Å². The number of pyridine rings is 1. The molecule has 3 heterocycles. The topological polar surface area (TPSA) is 110 Å². The van der Waals surface area contributed by atoms with Gasteiger partial charge in [-0.15, -0.1) is 0 Å². The Kier molecular flexibility index (Phi) is 5.01. The number of carbonyl (C=O) groups is 1. The molecule has 3 N–H and O–H groups in total. The summed E-state index contributed by atoms with van der Waals surface area (Å²) in [5.74, 6) is 0.279. The first-order chi connectivity index (χ1) is 12.3. The van der Waals surface area contributed by atoms with Crippen LogP contribution in [0.5, 0.6) is 0 Å². The third kappa shape index (κ3) is 3.73. The third-order valence-corrected chi connectivity index (χ3v) is 6.34. The average molecular weight is 377 g/mol. The minimum Gasteiger partial charge on any atom is -0.384 e. The van der Waals surface area contributed by atoms with Crippen LogP contribution >= 0.6 is 0 Å². The van der Waals surface area contributed by atoms with Crippen LogP contribution in [0.2, 0.25) is 0 Å². The van der Waals surface area contributed by atoms with Crippen LogP contribution in [0.15, 0.2) is 35.5 Å². The second-order valence-electron chi connectivity index (χ2n) is 6.71. The third-order valence-electron chi connectivity index (χ3n) is 4.51. The molecule has 0 radical (unpaired) electrons. The Morgan fingerprint density at radius 2 is 2.15 bits per heavy atom. The number of sulfonamides is 1. The first-order valence-electron chi connectivity index (χ1n) is 8.47. The first kappa shape index (κ1) is 18.4. The lowest BCUT2D eigenvalue weighted by Crippen LogP contribution is -2.38. The lowest BCUT2D eigenvalue weighted by Gasteiger charge is -2.29. The van der Waals surface area contributed by atoms with Crippen molar-refractivity contribution in [3.63, 3.8) is 0 Å². The number of aryl methyl sites for hydroxylation is 1. The largest absolute Gasteiger partial charge is 0.384 e. The van der Waals surface area contributed by atoms with Gasteiger partial charge in [-0.25, -0.2) is 13.4 Å². The molecule has 0 spiro atoms. The number of aromatic nitrogens is 2. The summed E-state index contributed by atoms with van der Waals surface area (Å²) in [5.41, 5.74) is 6.27. The van der Waals surface area contributed by atoms with E-state index in [0.29, 0.717) is 30.5 Å². The van der Waals surface area contributed by atoms with Gasteiger partial charge in [-0.05, 0) is 37.0 Å². The van der Waals surface area contributed by atoms with Crippen LogP contribution in [0.4, 0.5) is 11.5 Å². The van der Waals surface area contributed by atoms with Gasteiger partial charge in [-0.3, -0.25) is 4.79 Å². The van der Waals surface area contributed by atoms with Crippen molar-refractivity contribution in [3.8, 4) is 0 Å². The minimum absolute atomic E-state index is 0.134. The fraction of sp³-hybridized carbons (Fsp3) is 0.412. The first-order valence-corrected chi connectivity index (χ1v) is 9.91. The number of nitrogens with one attached hydrogen (secondary N) is 1. The summed E-state index contributed by atoms with van der Waals surface area (Å²) in [5, 5.41) is 2.69. The molecular weight excluding hydrogens is 354 g/mol. The lowest BCUT2D eigenvalue weighted by atomic mass is 10.0.